The maximum absolute atomic E-state index is 10.4. The number of aliphatic hydroxyl groups excluding tert-OH is 1. The molecule has 0 aliphatic carbocycles. The molecular formula is C6H7BrClN3O3. The minimum absolute atomic E-state index is 0.0608. The van der Waals surface area contributed by atoms with E-state index in [9.17, 15) is 15.2 Å². The highest BCUT2D eigenvalue weighted by atomic mass is 79.9. The average Bonchev–Trinajstić information content (AvgIpc) is 2.46. The predicted molar refractivity (Wildman–Crippen MR) is 53.3 cm³/mol. The van der Waals surface area contributed by atoms with Crippen molar-refractivity contribution in [3.63, 3.8) is 0 Å². The van der Waals surface area contributed by atoms with Crippen LogP contribution in [0.3, 0.4) is 0 Å². The lowest BCUT2D eigenvalue weighted by Crippen LogP contribution is -2.17. The van der Waals surface area contributed by atoms with Crippen molar-refractivity contribution in [3.8, 4) is 0 Å². The van der Waals surface area contributed by atoms with Crippen LogP contribution in [0.15, 0.2) is 10.7 Å². The molecule has 1 heterocycles. The van der Waals surface area contributed by atoms with Gasteiger partial charge in [-0.2, -0.15) is 4.68 Å². The van der Waals surface area contributed by atoms with Crippen LogP contribution in [0.5, 0.6) is 0 Å². The Bertz CT molecular complexity index is 343. The van der Waals surface area contributed by atoms with Crippen LogP contribution in [0.1, 0.15) is 0 Å². The molecule has 1 aromatic rings. The number of aliphatic hydroxyl groups is 1. The fourth-order valence-electron chi connectivity index (χ4n) is 0.869. The summed E-state index contributed by atoms with van der Waals surface area (Å²) in [5.74, 6) is -0.211. The van der Waals surface area contributed by atoms with E-state index in [4.69, 9.17) is 11.6 Å². The van der Waals surface area contributed by atoms with Crippen LogP contribution in [0, 0.1) is 10.1 Å². The molecule has 0 radical (unpaired) electrons. The lowest BCUT2D eigenvalue weighted by atomic mass is 10.4. The number of nitro groups is 1. The Balaban J connectivity index is 2.81. The topological polar surface area (TPSA) is 81.2 Å². The zero-order valence-corrected chi connectivity index (χ0v) is 9.27. The van der Waals surface area contributed by atoms with Gasteiger partial charge >= 0.3 is 5.82 Å². The summed E-state index contributed by atoms with van der Waals surface area (Å²) in [6.07, 6.45) is 0.663. The smallest absolute Gasteiger partial charge is 0.390 e. The van der Waals surface area contributed by atoms with E-state index in [1.807, 2.05) is 0 Å². The van der Waals surface area contributed by atoms with Crippen LogP contribution in [-0.2, 0) is 6.54 Å². The second-order valence-electron chi connectivity index (χ2n) is 2.59. The number of hydrogen-bond donors (Lipinski definition) is 1. The standard InChI is InChI=1S/C6H7BrClN3O3/c7-5-3-10(2-4(12)1-8)9-6(5)11(13)14/h3-4,12H,1-2H2. The van der Waals surface area contributed by atoms with E-state index >= 15 is 0 Å². The Morgan fingerprint density at radius 3 is 2.93 bits per heavy atom. The second kappa shape index (κ2) is 4.72. The highest BCUT2D eigenvalue weighted by molar-refractivity contribution is 9.10. The summed E-state index contributed by atoms with van der Waals surface area (Å²) in [6.45, 7) is 0.135. The van der Waals surface area contributed by atoms with E-state index in [0.29, 0.717) is 0 Å². The monoisotopic (exact) mass is 283 g/mol. The maximum Gasteiger partial charge on any atom is 0.404 e. The molecular weight excluding hydrogens is 277 g/mol. The van der Waals surface area contributed by atoms with Crippen LogP contribution >= 0.6 is 27.5 Å². The molecule has 0 bridgehead atoms. The Kier molecular flexibility index (Phi) is 3.85. The second-order valence-corrected chi connectivity index (χ2v) is 3.75. The molecule has 0 spiro atoms. The van der Waals surface area contributed by atoms with E-state index in [1.54, 1.807) is 0 Å². The zero-order valence-electron chi connectivity index (χ0n) is 6.93. The van der Waals surface area contributed by atoms with E-state index in [2.05, 4.69) is 21.0 Å². The molecule has 0 fully saturated rings. The maximum atomic E-state index is 10.4. The van der Waals surface area contributed by atoms with Gasteiger partial charge in [0.05, 0.1) is 29.8 Å². The molecule has 0 aliphatic heterocycles. The van der Waals surface area contributed by atoms with Crippen molar-refractivity contribution >= 4 is 33.3 Å². The summed E-state index contributed by atoms with van der Waals surface area (Å²) in [5.41, 5.74) is 0. The average molecular weight is 284 g/mol. The van der Waals surface area contributed by atoms with Crippen LogP contribution in [-0.4, -0.2) is 31.8 Å². The van der Waals surface area contributed by atoms with Gasteiger partial charge in [-0.25, -0.2) is 0 Å². The molecule has 0 amide bonds. The first-order valence-electron chi connectivity index (χ1n) is 3.66. The molecule has 1 rings (SSSR count). The zero-order chi connectivity index (χ0) is 10.7. The van der Waals surface area contributed by atoms with Gasteiger partial charge in [-0.1, -0.05) is 0 Å². The number of nitrogens with zero attached hydrogens (tertiary/aromatic N) is 3. The minimum atomic E-state index is -0.761. The highest BCUT2D eigenvalue weighted by Crippen LogP contribution is 2.21. The fraction of sp³-hybridized carbons (Fsp3) is 0.500. The normalized spacial score (nSPS) is 12.8. The lowest BCUT2D eigenvalue weighted by Gasteiger charge is -2.01. The third kappa shape index (κ3) is 2.66. The molecule has 0 aliphatic rings. The Morgan fingerprint density at radius 2 is 2.50 bits per heavy atom. The first-order valence-corrected chi connectivity index (χ1v) is 4.98. The number of aromatic nitrogens is 2. The molecule has 78 valence electrons. The van der Waals surface area contributed by atoms with E-state index in [-0.39, 0.29) is 22.7 Å². The number of hydrogen-bond acceptors (Lipinski definition) is 4. The van der Waals surface area contributed by atoms with Gasteiger partial charge in [0, 0.05) is 0 Å². The summed E-state index contributed by atoms with van der Waals surface area (Å²) in [6, 6.07) is 0. The molecule has 0 saturated heterocycles. The van der Waals surface area contributed by atoms with Gasteiger partial charge in [0.25, 0.3) is 0 Å². The van der Waals surface area contributed by atoms with Gasteiger partial charge in [-0.3, -0.25) is 0 Å². The molecule has 14 heavy (non-hydrogen) atoms. The Labute approximate surface area is 92.8 Å². The third-order valence-corrected chi connectivity index (χ3v) is 2.36. The first kappa shape index (κ1) is 11.4. The Morgan fingerprint density at radius 1 is 1.86 bits per heavy atom. The van der Waals surface area contributed by atoms with Crippen molar-refractivity contribution in [2.75, 3.05) is 5.88 Å². The number of rotatable bonds is 4. The van der Waals surface area contributed by atoms with E-state index in [1.165, 1.54) is 10.9 Å². The molecule has 1 atom stereocenters. The van der Waals surface area contributed by atoms with Crippen LogP contribution in [0.25, 0.3) is 0 Å². The van der Waals surface area contributed by atoms with Crippen LogP contribution in [0.2, 0.25) is 0 Å². The summed E-state index contributed by atoms with van der Waals surface area (Å²) < 4.78 is 1.55. The molecule has 0 aromatic carbocycles. The van der Waals surface area contributed by atoms with Gasteiger partial charge in [0.1, 0.15) is 4.47 Å². The van der Waals surface area contributed by atoms with Gasteiger partial charge in [-0.05, 0) is 20.9 Å². The lowest BCUT2D eigenvalue weighted by molar-refractivity contribution is -0.390. The van der Waals surface area contributed by atoms with E-state index in [0.717, 1.165) is 0 Å². The molecule has 0 saturated carbocycles. The summed E-state index contributed by atoms with van der Waals surface area (Å²) in [4.78, 5) is 9.80. The quantitative estimate of drug-likeness (QED) is 0.511. The summed E-state index contributed by atoms with van der Waals surface area (Å²) in [5, 5.41) is 23.2. The van der Waals surface area contributed by atoms with Gasteiger partial charge in [-0.15, -0.1) is 11.6 Å². The molecule has 6 nitrogen and oxygen atoms in total. The minimum Gasteiger partial charge on any atom is -0.390 e. The van der Waals surface area contributed by atoms with Crippen molar-refractivity contribution in [1.29, 1.82) is 0 Å². The summed E-state index contributed by atoms with van der Waals surface area (Å²) in [7, 11) is 0. The number of alkyl halides is 1. The number of halogens is 2. The molecule has 1 aromatic heterocycles. The van der Waals surface area contributed by atoms with Crippen LogP contribution in [0.4, 0.5) is 5.82 Å². The first-order chi connectivity index (χ1) is 6.54. The SMILES string of the molecule is O=[N+]([O-])c1nn(CC(O)CCl)cc1Br. The van der Waals surface area contributed by atoms with Crippen LogP contribution < -0.4 is 0 Å². The van der Waals surface area contributed by atoms with Crippen molar-refractivity contribution in [2.24, 2.45) is 0 Å². The molecule has 1 unspecified atom stereocenters. The highest BCUT2D eigenvalue weighted by Gasteiger charge is 2.19. The predicted octanol–water partition coefficient (Wildman–Crippen LogP) is 1.15. The van der Waals surface area contributed by atoms with Gasteiger partial charge in [0.15, 0.2) is 0 Å². The van der Waals surface area contributed by atoms with E-state index < -0.39 is 11.0 Å². The Hall–Kier alpha value is -0.660. The van der Waals surface area contributed by atoms with Gasteiger partial charge < -0.3 is 15.2 Å². The van der Waals surface area contributed by atoms with Crippen molar-refractivity contribution < 1.29 is 10.0 Å². The largest absolute Gasteiger partial charge is 0.404 e. The van der Waals surface area contributed by atoms with Crippen molar-refractivity contribution in [2.45, 2.75) is 12.6 Å². The van der Waals surface area contributed by atoms with Gasteiger partial charge in [0.2, 0.25) is 0 Å². The van der Waals surface area contributed by atoms with Crippen molar-refractivity contribution in [1.82, 2.24) is 9.78 Å². The third-order valence-electron chi connectivity index (χ3n) is 1.45. The molecule has 1 N–H and O–H groups in total. The summed E-state index contributed by atoms with van der Waals surface area (Å²) >= 11 is 8.36. The van der Waals surface area contributed by atoms with Crippen molar-refractivity contribution in [3.05, 3.63) is 20.8 Å². The fourth-order valence-corrected chi connectivity index (χ4v) is 1.43. The molecule has 8 heteroatoms.